The second-order valence-electron chi connectivity index (χ2n) is 4.27. The van der Waals surface area contributed by atoms with Crippen LogP contribution in [0, 0.1) is 0 Å². The highest BCUT2D eigenvalue weighted by Gasteiger charge is 2.14. The molecule has 0 aliphatic heterocycles. The molecule has 0 unspecified atom stereocenters. The van der Waals surface area contributed by atoms with Gasteiger partial charge in [0.05, 0.1) is 19.3 Å². The van der Waals surface area contributed by atoms with Gasteiger partial charge < -0.3 is 15.5 Å². The molecule has 1 fully saturated rings. The molecular weight excluding hydrogens is 178 g/mol. The van der Waals surface area contributed by atoms with Crippen molar-refractivity contribution in [2.45, 2.75) is 57.0 Å². The molecule has 1 rings (SSSR count). The SMILES string of the molecule is OCC(CO)NC1CCCCCCC1. The number of rotatable bonds is 4. The monoisotopic (exact) mass is 201 g/mol. The minimum absolute atomic E-state index is 0.0347. The van der Waals surface area contributed by atoms with Crippen molar-refractivity contribution in [3.63, 3.8) is 0 Å². The molecule has 0 amide bonds. The first kappa shape index (κ1) is 12.0. The summed E-state index contributed by atoms with van der Waals surface area (Å²) in [6.45, 7) is 0.0694. The van der Waals surface area contributed by atoms with E-state index >= 15 is 0 Å². The Labute approximate surface area is 86.5 Å². The van der Waals surface area contributed by atoms with Crippen LogP contribution in [0.3, 0.4) is 0 Å². The fraction of sp³-hybridized carbons (Fsp3) is 1.00. The Hall–Kier alpha value is -0.120. The normalized spacial score (nSPS) is 20.8. The molecular formula is C11H23NO2. The van der Waals surface area contributed by atoms with Crippen molar-refractivity contribution in [2.75, 3.05) is 13.2 Å². The van der Waals surface area contributed by atoms with Crippen molar-refractivity contribution in [1.29, 1.82) is 0 Å². The lowest BCUT2D eigenvalue weighted by Crippen LogP contribution is -2.43. The van der Waals surface area contributed by atoms with Gasteiger partial charge in [-0.15, -0.1) is 0 Å². The van der Waals surface area contributed by atoms with Crippen LogP contribution < -0.4 is 5.32 Å². The summed E-state index contributed by atoms with van der Waals surface area (Å²) in [5.74, 6) is 0. The number of aliphatic hydroxyl groups is 2. The summed E-state index contributed by atoms with van der Waals surface area (Å²) in [5, 5.41) is 21.2. The van der Waals surface area contributed by atoms with Gasteiger partial charge in [0.15, 0.2) is 0 Å². The zero-order valence-corrected chi connectivity index (χ0v) is 8.91. The van der Waals surface area contributed by atoms with Crippen LogP contribution in [0.1, 0.15) is 44.9 Å². The molecule has 84 valence electrons. The summed E-state index contributed by atoms with van der Waals surface area (Å²) in [7, 11) is 0. The van der Waals surface area contributed by atoms with Crippen LogP contribution in [0.4, 0.5) is 0 Å². The van der Waals surface area contributed by atoms with E-state index in [1.165, 1.54) is 44.9 Å². The molecule has 1 saturated carbocycles. The Morgan fingerprint density at radius 2 is 1.43 bits per heavy atom. The van der Waals surface area contributed by atoms with Gasteiger partial charge in [0, 0.05) is 6.04 Å². The lowest BCUT2D eigenvalue weighted by Gasteiger charge is -2.25. The van der Waals surface area contributed by atoms with E-state index < -0.39 is 0 Å². The highest BCUT2D eigenvalue weighted by atomic mass is 16.3. The van der Waals surface area contributed by atoms with E-state index in [1.807, 2.05) is 0 Å². The molecule has 0 aromatic carbocycles. The summed E-state index contributed by atoms with van der Waals surface area (Å²) >= 11 is 0. The average Bonchev–Trinajstić information content (AvgIpc) is 2.16. The van der Waals surface area contributed by atoms with Crippen molar-refractivity contribution in [2.24, 2.45) is 0 Å². The quantitative estimate of drug-likeness (QED) is 0.637. The third kappa shape index (κ3) is 4.40. The Morgan fingerprint density at radius 1 is 0.929 bits per heavy atom. The van der Waals surface area contributed by atoms with Crippen LogP contribution >= 0.6 is 0 Å². The summed E-state index contributed by atoms with van der Waals surface area (Å²) in [4.78, 5) is 0. The van der Waals surface area contributed by atoms with Gasteiger partial charge in [0.25, 0.3) is 0 Å². The van der Waals surface area contributed by atoms with E-state index in [1.54, 1.807) is 0 Å². The third-order valence-electron chi connectivity index (χ3n) is 3.02. The highest BCUT2D eigenvalue weighted by Crippen LogP contribution is 2.17. The molecule has 0 radical (unpaired) electrons. The minimum Gasteiger partial charge on any atom is -0.395 e. The van der Waals surface area contributed by atoms with E-state index in [2.05, 4.69) is 5.32 Å². The molecule has 0 atom stereocenters. The lowest BCUT2D eigenvalue weighted by molar-refractivity contribution is 0.157. The maximum absolute atomic E-state index is 8.96. The van der Waals surface area contributed by atoms with Gasteiger partial charge in [0.1, 0.15) is 0 Å². The van der Waals surface area contributed by atoms with Gasteiger partial charge in [-0.1, -0.05) is 32.1 Å². The minimum atomic E-state index is -0.126. The standard InChI is InChI=1S/C11H23NO2/c13-8-11(9-14)12-10-6-4-2-1-3-5-7-10/h10-14H,1-9H2. The van der Waals surface area contributed by atoms with Gasteiger partial charge in [-0.2, -0.15) is 0 Å². The first-order valence-corrected chi connectivity index (χ1v) is 5.84. The molecule has 0 saturated heterocycles. The Balaban J connectivity index is 2.25. The van der Waals surface area contributed by atoms with Gasteiger partial charge in [0.2, 0.25) is 0 Å². The van der Waals surface area contributed by atoms with E-state index in [4.69, 9.17) is 10.2 Å². The summed E-state index contributed by atoms with van der Waals surface area (Å²) < 4.78 is 0. The van der Waals surface area contributed by atoms with Gasteiger partial charge in [-0.25, -0.2) is 0 Å². The zero-order valence-electron chi connectivity index (χ0n) is 8.91. The first-order chi connectivity index (χ1) is 6.86. The van der Waals surface area contributed by atoms with Crippen LogP contribution in [0.25, 0.3) is 0 Å². The van der Waals surface area contributed by atoms with E-state index in [-0.39, 0.29) is 19.3 Å². The van der Waals surface area contributed by atoms with Crippen molar-refractivity contribution in [3.8, 4) is 0 Å². The van der Waals surface area contributed by atoms with Gasteiger partial charge in [-0.3, -0.25) is 0 Å². The van der Waals surface area contributed by atoms with Crippen LogP contribution in [0.5, 0.6) is 0 Å². The highest BCUT2D eigenvalue weighted by molar-refractivity contribution is 4.74. The molecule has 3 heteroatoms. The molecule has 1 aliphatic rings. The predicted octanol–water partition coefficient (Wildman–Crippen LogP) is 1.04. The molecule has 0 aromatic heterocycles. The van der Waals surface area contributed by atoms with Crippen LogP contribution in [-0.4, -0.2) is 35.5 Å². The van der Waals surface area contributed by atoms with E-state index in [0.29, 0.717) is 6.04 Å². The maximum atomic E-state index is 8.96. The van der Waals surface area contributed by atoms with Crippen LogP contribution in [0.15, 0.2) is 0 Å². The number of aliphatic hydroxyl groups excluding tert-OH is 2. The maximum Gasteiger partial charge on any atom is 0.0607 e. The topological polar surface area (TPSA) is 52.5 Å². The first-order valence-electron chi connectivity index (χ1n) is 5.84. The molecule has 1 aliphatic carbocycles. The Morgan fingerprint density at radius 3 is 1.93 bits per heavy atom. The molecule has 0 heterocycles. The third-order valence-corrected chi connectivity index (χ3v) is 3.02. The summed E-state index contributed by atoms with van der Waals surface area (Å²) in [6, 6.07) is 0.374. The lowest BCUT2D eigenvalue weighted by atomic mass is 9.96. The van der Waals surface area contributed by atoms with E-state index in [0.717, 1.165) is 0 Å². The van der Waals surface area contributed by atoms with Crippen molar-refractivity contribution < 1.29 is 10.2 Å². The second kappa shape index (κ2) is 7.21. The smallest absolute Gasteiger partial charge is 0.0607 e. The molecule has 3 nitrogen and oxygen atoms in total. The predicted molar refractivity (Wildman–Crippen MR) is 57.2 cm³/mol. The largest absolute Gasteiger partial charge is 0.395 e. The molecule has 0 aromatic rings. The second-order valence-corrected chi connectivity index (χ2v) is 4.27. The molecule has 0 bridgehead atoms. The molecule has 14 heavy (non-hydrogen) atoms. The van der Waals surface area contributed by atoms with Crippen LogP contribution in [-0.2, 0) is 0 Å². The molecule has 0 spiro atoms. The fourth-order valence-electron chi connectivity index (χ4n) is 2.12. The zero-order chi connectivity index (χ0) is 10.2. The number of nitrogens with one attached hydrogen (secondary N) is 1. The number of hydrogen-bond acceptors (Lipinski definition) is 3. The Bertz CT molecular complexity index is 129. The molecule has 3 N–H and O–H groups in total. The fourth-order valence-corrected chi connectivity index (χ4v) is 2.12. The average molecular weight is 201 g/mol. The van der Waals surface area contributed by atoms with Crippen molar-refractivity contribution >= 4 is 0 Å². The summed E-state index contributed by atoms with van der Waals surface area (Å²) in [6.07, 6.45) is 8.98. The van der Waals surface area contributed by atoms with Gasteiger partial charge in [-0.05, 0) is 12.8 Å². The Kier molecular flexibility index (Phi) is 6.15. The van der Waals surface area contributed by atoms with Crippen molar-refractivity contribution in [1.82, 2.24) is 5.32 Å². The summed E-state index contributed by atoms with van der Waals surface area (Å²) in [5.41, 5.74) is 0. The van der Waals surface area contributed by atoms with E-state index in [9.17, 15) is 0 Å². The van der Waals surface area contributed by atoms with Crippen molar-refractivity contribution in [3.05, 3.63) is 0 Å². The van der Waals surface area contributed by atoms with Crippen LogP contribution in [0.2, 0.25) is 0 Å². The van der Waals surface area contributed by atoms with Gasteiger partial charge >= 0.3 is 0 Å². The number of hydrogen-bond donors (Lipinski definition) is 3.